The predicted octanol–water partition coefficient (Wildman–Crippen LogP) is 8.48. The van der Waals surface area contributed by atoms with Crippen LogP contribution in [0.15, 0.2) is 77.6 Å². The van der Waals surface area contributed by atoms with E-state index >= 15 is 0 Å². The van der Waals surface area contributed by atoms with Crippen molar-refractivity contribution in [3.8, 4) is 11.1 Å². The molecular weight excluding hydrogens is 540 g/mol. The molecule has 0 fully saturated rings. The molecule has 0 bridgehead atoms. The van der Waals surface area contributed by atoms with E-state index in [1.807, 2.05) is 43.5 Å². The molecule has 0 saturated carbocycles. The van der Waals surface area contributed by atoms with E-state index < -0.39 is 0 Å². The third-order valence-electron chi connectivity index (χ3n) is 9.87. The third kappa shape index (κ3) is 3.97. The number of aromatic nitrogens is 1. The van der Waals surface area contributed by atoms with Crippen LogP contribution in [0.1, 0.15) is 49.3 Å². The standard InChI is InChI=1S/C40H38N2O2/c1-21-15-23(3)35(24(4)16-21)27-11-9-13-29-37(27)41(7)33-19-32-34(20-31(33)39(29)43)42(8)38-28(12-10-14-30(38)40(32)44)36-25(5)17-22(2)18-26(36)6/h9-20,29,37H,1-8H3. The summed E-state index contributed by atoms with van der Waals surface area (Å²) in [5.74, 6) is -0.212. The van der Waals surface area contributed by atoms with Crippen LogP contribution >= 0.6 is 0 Å². The van der Waals surface area contributed by atoms with Crippen LogP contribution in [0.2, 0.25) is 0 Å². The van der Waals surface area contributed by atoms with Crippen LogP contribution in [0.25, 0.3) is 38.5 Å². The quantitative estimate of drug-likeness (QED) is 0.197. The number of ketones is 1. The Bertz CT molecular complexity index is 2170. The molecule has 0 N–H and O–H groups in total. The first-order valence-corrected chi connectivity index (χ1v) is 15.4. The summed E-state index contributed by atoms with van der Waals surface area (Å²) in [6.45, 7) is 12.8. The Kier molecular flexibility index (Phi) is 6.33. The molecule has 0 saturated heterocycles. The minimum atomic E-state index is -0.309. The fraction of sp³-hybridized carbons (Fsp3) is 0.250. The minimum Gasteiger partial charge on any atom is -0.366 e. The van der Waals surface area contributed by atoms with Gasteiger partial charge < -0.3 is 9.47 Å². The molecule has 220 valence electrons. The zero-order chi connectivity index (χ0) is 31.2. The number of para-hydroxylation sites is 1. The highest BCUT2D eigenvalue weighted by Crippen LogP contribution is 2.44. The highest BCUT2D eigenvalue weighted by molar-refractivity contribution is 6.12. The Morgan fingerprint density at radius 1 is 0.682 bits per heavy atom. The van der Waals surface area contributed by atoms with E-state index in [0.717, 1.165) is 33.4 Å². The van der Waals surface area contributed by atoms with Gasteiger partial charge in [0.25, 0.3) is 0 Å². The monoisotopic (exact) mass is 578 g/mol. The van der Waals surface area contributed by atoms with Crippen LogP contribution in [0.3, 0.4) is 0 Å². The van der Waals surface area contributed by atoms with E-state index in [2.05, 4.69) is 94.5 Å². The number of rotatable bonds is 2. The van der Waals surface area contributed by atoms with E-state index in [4.69, 9.17) is 0 Å². The Balaban J connectivity index is 1.46. The van der Waals surface area contributed by atoms with Crippen molar-refractivity contribution in [3.05, 3.63) is 128 Å². The van der Waals surface area contributed by atoms with Crippen molar-refractivity contribution in [2.45, 2.75) is 47.6 Å². The number of fused-ring (bicyclic) bond motifs is 4. The number of anilines is 1. The number of aryl methyl sites for hydroxylation is 7. The van der Waals surface area contributed by atoms with Gasteiger partial charge in [-0.15, -0.1) is 0 Å². The number of benzene rings is 4. The van der Waals surface area contributed by atoms with E-state index in [1.165, 1.54) is 38.9 Å². The smallest absolute Gasteiger partial charge is 0.197 e. The third-order valence-corrected chi connectivity index (χ3v) is 9.87. The fourth-order valence-electron chi connectivity index (χ4n) is 8.24. The van der Waals surface area contributed by atoms with Crippen molar-refractivity contribution in [2.75, 3.05) is 11.9 Å². The van der Waals surface area contributed by atoms with Crippen LogP contribution in [-0.4, -0.2) is 23.4 Å². The number of hydrogen-bond acceptors (Lipinski definition) is 3. The number of likely N-dealkylation sites (N-methyl/N-ethyl adjacent to an activating group) is 1. The van der Waals surface area contributed by atoms with Crippen LogP contribution in [0.5, 0.6) is 0 Å². The molecule has 2 atom stereocenters. The summed E-state index contributed by atoms with van der Waals surface area (Å²) in [6.07, 6.45) is 6.24. The second kappa shape index (κ2) is 9.92. The molecular formula is C40H38N2O2. The zero-order valence-corrected chi connectivity index (χ0v) is 26.8. The van der Waals surface area contributed by atoms with Crippen molar-refractivity contribution < 1.29 is 4.79 Å². The van der Waals surface area contributed by atoms with Crippen molar-refractivity contribution in [3.63, 3.8) is 0 Å². The molecule has 5 aromatic rings. The topological polar surface area (TPSA) is 42.3 Å². The van der Waals surface area contributed by atoms with Crippen molar-refractivity contribution in [1.82, 2.24) is 4.57 Å². The van der Waals surface area contributed by atoms with Crippen LogP contribution in [0.4, 0.5) is 5.69 Å². The van der Waals surface area contributed by atoms with Gasteiger partial charge in [0.15, 0.2) is 11.2 Å². The second-order valence-corrected chi connectivity index (χ2v) is 13.0. The van der Waals surface area contributed by atoms with Gasteiger partial charge in [-0.3, -0.25) is 9.59 Å². The van der Waals surface area contributed by atoms with Crippen LogP contribution < -0.4 is 10.3 Å². The van der Waals surface area contributed by atoms with Crippen molar-refractivity contribution in [1.29, 1.82) is 0 Å². The number of hydrogen-bond donors (Lipinski definition) is 0. The summed E-state index contributed by atoms with van der Waals surface area (Å²) < 4.78 is 2.11. The van der Waals surface area contributed by atoms with Gasteiger partial charge in [0.1, 0.15) is 0 Å². The summed E-state index contributed by atoms with van der Waals surface area (Å²) in [5.41, 5.74) is 14.9. The van der Waals surface area contributed by atoms with E-state index in [1.54, 1.807) is 0 Å². The lowest BCUT2D eigenvalue weighted by atomic mass is 9.75. The number of allylic oxidation sites excluding steroid dienone is 2. The Labute approximate surface area is 259 Å². The van der Waals surface area contributed by atoms with Crippen molar-refractivity contribution in [2.24, 2.45) is 13.0 Å². The SMILES string of the molecule is Cc1cc(C)c(C2=CC=CC3C(=O)c4cc5c(cc4N(C)C23)c(=O)c2cccc(-c3c(C)cc(C)cc3C)c2n5C)c(C)c1. The van der Waals surface area contributed by atoms with Gasteiger partial charge in [-0.2, -0.15) is 0 Å². The van der Waals surface area contributed by atoms with E-state index in [9.17, 15) is 9.59 Å². The number of carbonyl (C=O) groups is 1. The molecule has 0 amide bonds. The largest absolute Gasteiger partial charge is 0.366 e. The van der Waals surface area contributed by atoms with Crippen LogP contribution in [0, 0.1) is 47.5 Å². The Hall–Kier alpha value is -4.70. The molecule has 4 nitrogen and oxygen atoms in total. The zero-order valence-electron chi connectivity index (χ0n) is 26.8. The average Bonchev–Trinajstić information content (AvgIpc) is 2.97. The average molecular weight is 579 g/mol. The van der Waals surface area contributed by atoms with Gasteiger partial charge >= 0.3 is 0 Å². The minimum absolute atomic E-state index is 0.00679. The maximum Gasteiger partial charge on any atom is 0.197 e. The Morgan fingerprint density at radius 2 is 1.30 bits per heavy atom. The highest BCUT2D eigenvalue weighted by atomic mass is 16.1. The van der Waals surface area contributed by atoms with Gasteiger partial charge in [0.05, 0.1) is 23.0 Å². The second-order valence-electron chi connectivity index (χ2n) is 13.0. The number of pyridine rings is 1. The van der Waals surface area contributed by atoms with Crippen LogP contribution in [-0.2, 0) is 7.05 Å². The predicted molar refractivity (Wildman–Crippen MR) is 184 cm³/mol. The maximum atomic E-state index is 14.3. The lowest BCUT2D eigenvalue weighted by molar-refractivity contribution is 0.0931. The molecule has 4 heteroatoms. The van der Waals surface area contributed by atoms with Gasteiger partial charge in [-0.05, 0) is 98.7 Å². The van der Waals surface area contributed by atoms with Gasteiger partial charge in [-0.25, -0.2) is 0 Å². The maximum absolute atomic E-state index is 14.3. The number of nitrogens with zero attached hydrogens (tertiary/aromatic N) is 2. The molecule has 0 radical (unpaired) electrons. The summed E-state index contributed by atoms with van der Waals surface area (Å²) in [6, 6.07) is 18.6. The molecule has 1 aliphatic heterocycles. The highest BCUT2D eigenvalue weighted by Gasteiger charge is 2.41. The molecule has 2 unspecified atom stereocenters. The summed E-state index contributed by atoms with van der Waals surface area (Å²) in [5, 5.41) is 1.32. The van der Waals surface area contributed by atoms with Gasteiger partial charge in [0.2, 0.25) is 0 Å². The van der Waals surface area contributed by atoms with E-state index in [-0.39, 0.29) is 23.2 Å². The lowest BCUT2D eigenvalue weighted by Gasteiger charge is -2.43. The molecule has 4 aromatic carbocycles. The lowest BCUT2D eigenvalue weighted by Crippen LogP contribution is -2.47. The molecule has 1 aliphatic carbocycles. The number of Topliss-reactive ketones (excluding diaryl/α,β-unsaturated/α-hetero) is 1. The molecule has 44 heavy (non-hydrogen) atoms. The normalized spacial score (nSPS) is 17.7. The van der Waals surface area contributed by atoms with Gasteiger partial charge in [0, 0.05) is 41.7 Å². The molecule has 1 aromatic heterocycles. The molecule has 7 rings (SSSR count). The summed E-state index contributed by atoms with van der Waals surface area (Å²) in [4.78, 5) is 30.8. The van der Waals surface area contributed by atoms with Gasteiger partial charge in [-0.1, -0.05) is 65.8 Å². The first kappa shape index (κ1) is 28.1. The fourth-order valence-corrected chi connectivity index (χ4v) is 8.24. The van der Waals surface area contributed by atoms with E-state index in [0.29, 0.717) is 16.3 Å². The first-order valence-electron chi connectivity index (χ1n) is 15.4. The van der Waals surface area contributed by atoms with Crippen molar-refractivity contribution >= 4 is 38.8 Å². The summed E-state index contributed by atoms with van der Waals surface area (Å²) in [7, 11) is 4.08. The Morgan fingerprint density at radius 3 is 1.93 bits per heavy atom. The molecule has 0 spiro atoms. The molecule has 2 heterocycles. The summed E-state index contributed by atoms with van der Waals surface area (Å²) >= 11 is 0. The molecule has 2 aliphatic rings. The first-order chi connectivity index (χ1) is 21.0. The number of carbonyl (C=O) groups excluding carboxylic acids is 1.